The van der Waals surface area contributed by atoms with Crippen molar-refractivity contribution >= 4 is 40.8 Å². The summed E-state index contributed by atoms with van der Waals surface area (Å²) in [6, 6.07) is 16.7. The molecule has 3 rings (SSSR count). The van der Waals surface area contributed by atoms with E-state index in [0.717, 1.165) is 22.6 Å². The molecule has 3 nitrogen and oxygen atoms in total. The normalized spacial score (nSPS) is 10.8. The minimum Gasteiger partial charge on any atom is -0.481 e. The zero-order valence-corrected chi connectivity index (χ0v) is 15.3. The van der Waals surface area contributed by atoms with Crippen molar-refractivity contribution in [2.24, 2.45) is 0 Å². The van der Waals surface area contributed by atoms with Gasteiger partial charge >= 0.3 is 5.97 Å². The SMILES string of the molecule is O=C(O)CCc1ccc(-c2ccc(Cl)cc2)n1-c1ccc(Cl)c(Cl)c1. The van der Waals surface area contributed by atoms with Crippen molar-refractivity contribution in [2.75, 3.05) is 0 Å². The van der Waals surface area contributed by atoms with Crippen molar-refractivity contribution in [1.29, 1.82) is 0 Å². The molecule has 0 unspecified atom stereocenters. The van der Waals surface area contributed by atoms with E-state index >= 15 is 0 Å². The maximum absolute atomic E-state index is 11.0. The number of hydrogen-bond acceptors (Lipinski definition) is 1. The fourth-order valence-corrected chi connectivity index (χ4v) is 3.10. The first kappa shape index (κ1) is 17.9. The summed E-state index contributed by atoms with van der Waals surface area (Å²) in [5.74, 6) is -0.838. The second-order valence-corrected chi connectivity index (χ2v) is 6.80. The van der Waals surface area contributed by atoms with Gasteiger partial charge < -0.3 is 9.67 Å². The molecule has 1 heterocycles. The summed E-state index contributed by atoms with van der Waals surface area (Å²) in [5.41, 5.74) is 3.60. The van der Waals surface area contributed by atoms with E-state index in [2.05, 4.69) is 0 Å². The molecule has 0 bridgehead atoms. The zero-order valence-electron chi connectivity index (χ0n) is 13.0. The van der Waals surface area contributed by atoms with Gasteiger partial charge in [-0.1, -0.05) is 46.9 Å². The van der Waals surface area contributed by atoms with Crippen molar-refractivity contribution in [1.82, 2.24) is 4.57 Å². The molecular formula is C19H14Cl3NO2. The molecule has 0 amide bonds. The quantitative estimate of drug-likeness (QED) is 0.566. The third-order valence-electron chi connectivity index (χ3n) is 3.86. The van der Waals surface area contributed by atoms with Gasteiger partial charge in [0.1, 0.15) is 0 Å². The highest BCUT2D eigenvalue weighted by Crippen LogP contribution is 2.31. The average Bonchev–Trinajstić information content (AvgIpc) is 3.00. The van der Waals surface area contributed by atoms with Crippen molar-refractivity contribution in [3.8, 4) is 16.9 Å². The summed E-state index contributed by atoms with van der Waals surface area (Å²) in [6.45, 7) is 0. The third-order valence-corrected chi connectivity index (χ3v) is 4.85. The summed E-state index contributed by atoms with van der Waals surface area (Å²) in [4.78, 5) is 11.0. The number of rotatable bonds is 5. The number of aryl methyl sites for hydroxylation is 1. The van der Waals surface area contributed by atoms with E-state index in [0.29, 0.717) is 21.5 Å². The van der Waals surface area contributed by atoms with Crippen LogP contribution in [-0.4, -0.2) is 15.6 Å². The monoisotopic (exact) mass is 393 g/mol. The second-order valence-electron chi connectivity index (χ2n) is 5.54. The first-order valence-electron chi connectivity index (χ1n) is 7.59. The van der Waals surface area contributed by atoms with E-state index in [1.165, 1.54) is 0 Å². The van der Waals surface area contributed by atoms with Gasteiger partial charge in [-0.25, -0.2) is 0 Å². The molecule has 0 atom stereocenters. The summed E-state index contributed by atoms with van der Waals surface area (Å²) < 4.78 is 1.99. The highest BCUT2D eigenvalue weighted by molar-refractivity contribution is 6.42. The van der Waals surface area contributed by atoms with Crippen LogP contribution in [0.15, 0.2) is 54.6 Å². The molecule has 0 spiro atoms. The van der Waals surface area contributed by atoms with Crippen LogP contribution in [0, 0.1) is 0 Å². The van der Waals surface area contributed by atoms with Crippen LogP contribution in [0.2, 0.25) is 15.1 Å². The topological polar surface area (TPSA) is 42.2 Å². The first-order chi connectivity index (χ1) is 12.0. The van der Waals surface area contributed by atoms with Crippen LogP contribution in [0.25, 0.3) is 16.9 Å². The van der Waals surface area contributed by atoms with Gasteiger partial charge in [0, 0.05) is 16.4 Å². The molecule has 6 heteroatoms. The Labute approximate surface area is 160 Å². The van der Waals surface area contributed by atoms with Crippen molar-refractivity contribution in [3.05, 3.63) is 75.4 Å². The van der Waals surface area contributed by atoms with Gasteiger partial charge in [-0.3, -0.25) is 4.79 Å². The molecule has 0 saturated carbocycles. The van der Waals surface area contributed by atoms with Crippen LogP contribution < -0.4 is 0 Å². The zero-order chi connectivity index (χ0) is 18.0. The minimum absolute atomic E-state index is 0.0470. The number of carboxylic acids is 1. The summed E-state index contributed by atoms with van der Waals surface area (Å²) in [6.07, 6.45) is 0.453. The molecule has 0 fully saturated rings. The Morgan fingerprint density at radius 2 is 1.64 bits per heavy atom. The molecule has 0 saturated heterocycles. The van der Waals surface area contributed by atoms with Gasteiger partial charge in [0.2, 0.25) is 0 Å². The van der Waals surface area contributed by atoms with Crippen LogP contribution in [0.1, 0.15) is 12.1 Å². The number of aliphatic carboxylic acids is 1. The van der Waals surface area contributed by atoms with Gasteiger partial charge in [0.25, 0.3) is 0 Å². The van der Waals surface area contributed by atoms with Gasteiger partial charge in [-0.05, 0) is 54.4 Å². The summed E-state index contributed by atoms with van der Waals surface area (Å²) in [5, 5.41) is 10.6. The number of halogens is 3. The molecule has 0 aliphatic carbocycles. The van der Waals surface area contributed by atoms with Gasteiger partial charge in [-0.2, -0.15) is 0 Å². The van der Waals surface area contributed by atoms with Crippen LogP contribution >= 0.6 is 34.8 Å². The Hall–Kier alpha value is -1.94. The molecule has 0 aliphatic heterocycles. The lowest BCUT2D eigenvalue weighted by Gasteiger charge is -2.15. The maximum Gasteiger partial charge on any atom is 0.303 e. The molecule has 1 aromatic heterocycles. The third kappa shape index (κ3) is 4.01. The summed E-state index contributed by atoms with van der Waals surface area (Å²) >= 11 is 18.2. The number of aromatic nitrogens is 1. The predicted molar refractivity (Wildman–Crippen MR) is 102 cm³/mol. The molecule has 0 aliphatic rings. The number of nitrogens with zero attached hydrogens (tertiary/aromatic N) is 1. The molecule has 1 N–H and O–H groups in total. The van der Waals surface area contributed by atoms with E-state index in [1.54, 1.807) is 12.1 Å². The second kappa shape index (κ2) is 7.52. The van der Waals surface area contributed by atoms with Crippen LogP contribution in [0.3, 0.4) is 0 Å². The molecule has 128 valence electrons. The highest BCUT2D eigenvalue weighted by Gasteiger charge is 2.14. The Balaban J connectivity index is 2.13. The van der Waals surface area contributed by atoms with Gasteiger partial charge in [0.15, 0.2) is 0 Å². The van der Waals surface area contributed by atoms with Gasteiger partial charge in [0.05, 0.1) is 22.2 Å². The molecular weight excluding hydrogens is 381 g/mol. The maximum atomic E-state index is 11.0. The lowest BCUT2D eigenvalue weighted by Crippen LogP contribution is -2.05. The highest BCUT2D eigenvalue weighted by atomic mass is 35.5. The first-order valence-corrected chi connectivity index (χ1v) is 8.73. The number of carboxylic acid groups (broad SMARTS) is 1. The largest absolute Gasteiger partial charge is 0.481 e. The lowest BCUT2D eigenvalue weighted by atomic mass is 10.1. The molecule has 0 radical (unpaired) electrons. The Morgan fingerprint density at radius 1 is 0.920 bits per heavy atom. The van der Waals surface area contributed by atoms with Crippen LogP contribution in [0.4, 0.5) is 0 Å². The van der Waals surface area contributed by atoms with Crippen molar-refractivity contribution in [2.45, 2.75) is 12.8 Å². The van der Waals surface area contributed by atoms with E-state index < -0.39 is 5.97 Å². The van der Waals surface area contributed by atoms with E-state index in [-0.39, 0.29) is 6.42 Å². The minimum atomic E-state index is -0.838. The lowest BCUT2D eigenvalue weighted by molar-refractivity contribution is -0.136. The van der Waals surface area contributed by atoms with Crippen molar-refractivity contribution < 1.29 is 9.90 Å². The summed E-state index contributed by atoms with van der Waals surface area (Å²) in [7, 11) is 0. The van der Waals surface area contributed by atoms with Gasteiger partial charge in [-0.15, -0.1) is 0 Å². The van der Waals surface area contributed by atoms with Crippen molar-refractivity contribution in [3.63, 3.8) is 0 Å². The van der Waals surface area contributed by atoms with Crippen LogP contribution in [-0.2, 0) is 11.2 Å². The fraction of sp³-hybridized carbons (Fsp3) is 0.105. The number of benzene rings is 2. The van der Waals surface area contributed by atoms with E-state index in [4.69, 9.17) is 39.9 Å². The number of hydrogen-bond donors (Lipinski definition) is 1. The molecule has 3 aromatic rings. The predicted octanol–water partition coefficient (Wildman–Crippen LogP) is 6.12. The van der Waals surface area contributed by atoms with E-state index in [9.17, 15) is 4.79 Å². The number of carbonyl (C=O) groups is 1. The standard InChI is InChI=1S/C19H14Cl3NO2/c20-13-3-1-12(2-4-13)18-9-6-14(7-10-19(24)25)23(18)15-5-8-16(21)17(22)11-15/h1-6,8-9,11H,7,10H2,(H,24,25). The Kier molecular flexibility index (Phi) is 5.38. The molecule has 25 heavy (non-hydrogen) atoms. The molecule has 2 aromatic carbocycles. The van der Waals surface area contributed by atoms with E-state index in [1.807, 2.05) is 47.0 Å². The average molecular weight is 395 g/mol. The Morgan fingerprint density at radius 3 is 2.28 bits per heavy atom. The fourth-order valence-electron chi connectivity index (χ4n) is 2.68. The Bertz CT molecular complexity index is 917. The smallest absolute Gasteiger partial charge is 0.303 e. The van der Waals surface area contributed by atoms with Crippen LogP contribution in [0.5, 0.6) is 0 Å².